The molecule has 24 heavy (non-hydrogen) atoms. The van der Waals surface area contributed by atoms with Crippen molar-refractivity contribution in [2.75, 3.05) is 6.54 Å². The highest BCUT2D eigenvalue weighted by Crippen LogP contribution is 2.38. The lowest BCUT2D eigenvalue weighted by Gasteiger charge is -2.13. The third-order valence-electron chi connectivity index (χ3n) is 3.61. The van der Waals surface area contributed by atoms with Crippen LogP contribution < -0.4 is 21.3 Å². The Morgan fingerprint density at radius 1 is 1.38 bits per heavy atom. The molecule has 8 nitrogen and oxygen atoms in total. The van der Waals surface area contributed by atoms with Gasteiger partial charge in [-0.15, -0.1) is 0 Å². The number of nitrogens with one attached hydrogen (secondary N) is 2. The summed E-state index contributed by atoms with van der Waals surface area (Å²) in [5.41, 5.74) is 11.7. The maximum absolute atomic E-state index is 11.0. The number of hydrogen-bond acceptors (Lipinski definition) is 4. The fraction of sp³-hybridized carbons (Fsp3) is 0.357. The lowest BCUT2D eigenvalue weighted by atomic mass is 10.2. The van der Waals surface area contributed by atoms with Crippen LogP contribution in [0.2, 0.25) is 5.02 Å². The fourth-order valence-electron chi connectivity index (χ4n) is 2.11. The van der Waals surface area contributed by atoms with Crippen LogP contribution in [0, 0.1) is 5.41 Å². The molecule has 8 N–H and O–H groups in total. The van der Waals surface area contributed by atoms with Crippen molar-refractivity contribution in [3.05, 3.63) is 29.3 Å². The number of halogens is 1. The minimum absolute atomic E-state index is 0.00273. The van der Waals surface area contributed by atoms with Crippen LogP contribution in [0.5, 0.6) is 0 Å². The van der Waals surface area contributed by atoms with E-state index in [1.807, 2.05) is 0 Å². The van der Waals surface area contributed by atoms with Gasteiger partial charge in [0.25, 0.3) is 0 Å². The molecule has 0 amide bonds. The fourth-order valence-corrected chi connectivity index (χ4v) is 3.03. The largest absolute Gasteiger partial charge is 0.382 e. The minimum atomic E-state index is -1.55. The van der Waals surface area contributed by atoms with Crippen LogP contribution in [0.25, 0.3) is 0 Å². The van der Waals surface area contributed by atoms with E-state index in [0.717, 1.165) is 12.8 Å². The summed E-state index contributed by atoms with van der Waals surface area (Å²) in [4.78, 5) is 8.24. The van der Waals surface area contributed by atoms with E-state index in [9.17, 15) is 4.21 Å². The highest BCUT2D eigenvalue weighted by atomic mass is 35.5. The number of rotatable bonds is 8. The topological polar surface area (TPSA) is 156 Å². The summed E-state index contributed by atoms with van der Waals surface area (Å²) in [6.07, 6.45) is 2.41. The second-order valence-electron chi connectivity index (χ2n) is 5.55. The van der Waals surface area contributed by atoms with Crippen LogP contribution >= 0.6 is 11.6 Å². The molecule has 1 aromatic carbocycles. The highest BCUT2D eigenvalue weighted by molar-refractivity contribution is 7.80. The van der Waals surface area contributed by atoms with Crippen LogP contribution in [0.3, 0.4) is 0 Å². The predicted octanol–water partition coefficient (Wildman–Crippen LogP) is 0.755. The molecular formula is C14H20ClN7OS. The first-order valence-corrected chi connectivity index (χ1v) is 8.83. The Balaban J connectivity index is 1.94. The molecule has 10 heteroatoms. The third-order valence-corrected chi connectivity index (χ3v) is 4.48. The van der Waals surface area contributed by atoms with Gasteiger partial charge >= 0.3 is 0 Å². The summed E-state index contributed by atoms with van der Waals surface area (Å²) >= 11 is 4.33. The van der Waals surface area contributed by atoms with E-state index >= 15 is 0 Å². The van der Waals surface area contributed by atoms with Gasteiger partial charge in [-0.25, -0.2) is 19.1 Å². The maximum atomic E-state index is 11.0. The Labute approximate surface area is 147 Å². The zero-order chi connectivity index (χ0) is 17.7. The maximum Gasteiger partial charge on any atom is 0.164 e. The molecule has 0 bridgehead atoms. The summed E-state index contributed by atoms with van der Waals surface area (Å²) in [7, 11) is 0. The standard InChI is InChI=1S/C14H20ClN7OS/c15-9-2-1-3-10(8-9)21-13(18)11(16)12(17)20-7-6-14(4-5-14)22-24(19)23/h1-3,8,16,22H,4-7,19H2,(H2,17,20)(H2,18,21). The summed E-state index contributed by atoms with van der Waals surface area (Å²) in [5, 5.41) is 13.7. The van der Waals surface area contributed by atoms with Gasteiger partial charge in [-0.3, -0.25) is 10.4 Å². The van der Waals surface area contributed by atoms with Crippen LogP contribution in [-0.4, -0.2) is 33.7 Å². The molecule has 0 heterocycles. The van der Waals surface area contributed by atoms with Gasteiger partial charge in [-0.2, -0.15) is 0 Å². The second kappa shape index (κ2) is 7.84. The monoisotopic (exact) mass is 369 g/mol. The molecule has 0 aliphatic heterocycles. The van der Waals surface area contributed by atoms with Gasteiger partial charge < -0.3 is 11.5 Å². The number of amidine groups is 2. The van der Waals surface area contributed by atoms with E-state index in [-0.39, 0.29) is 22.9 Å². The van der Waals surface area contributed by atoms with Gasteiger partial charge in [-0.05, 0) is 37.5 Å². The van der Waals surface area contributed by atoms with Crippen molar-refractivity contribution >= 4 is 45.8 Å². The van der Waals surface area contributed by atoms with Crippen LogP contribution in [0.1, 0.15) is 19.3 Å². The van der Waals surface area contributed by atoms with Crippen molar-refractivity contribution in [3.63, 3.8) is 0 Å². The molecule has 0 saturated heterocycles. The molecule has 2 rings (SSSR count). The highest BCUT2D eigenvalue weighted by Gasteiger charge is 2.42. The summed E-state index contributed by atoms with van der Waals surface area (Å²) in [6, 6.07) is 6.80. The average Bonchev–Trinajstić information content (AvgIpc) is 3.25. The van der Waals surface area contributed by atoms with E-state index in [1.165, 1.54) is 0 Å². The quantitative estimate of drug-likeness (QED) is 0.339. The molecule has 0 aromatic heterocycles. The van der Waals surface area contributed by atoms with Crippen LogP contribution in [-0.2, 0) is 11.2 Å². The lowest BCUT2D eigenvalue weighted by Crippen LogP contribution is -2.38. The molecule has 130 valence electrons. The van der Waals surface area contributed by atoms with Gasteiger partial charge in [0.15, 0.2) is 17.0 Å². The zero-order valence-corrected chi connectivity index (χ0v) is 14.5. The van der Waals surface area contributed by atoms with E-state index in [4.69, 9.17) is 33.6 Å². The Morgan fingerprint density at radius 3 is 2.67 bits per heavy atom. The van der Waals surface area contributed by atoms with E-state index in [0.29, 0.717) is 23.7 Å². The molecule has 1 fully saturated rings. The first-order valence-electron chi connectivity index (χ1n) is 7.24. The van der Waals surface area contributed by atoms with Gasteiger partial charge in [0, 0.05) is 17.1 Å². The van der Waals surface area contributed by atoms with Crippen LogP contribution in [0.15, 0.2) is 34.3 Å². The van der Waals surface area contributed by atoms with Crippen LogP contribution in [0.4, 0.5) is 5.69 Å². The lowest BCUT2D eigenvalue weighted by molar-refractivity contribution is 0.561. The number of hydrogen-bond donors (Lipinski definition) is 5. The molecule has 0 radical (unpaired) electrons. The smallest absolute Gasteiger partial charge is 0.164 e. The number of nitrogens with zero attached hydrogens (tertiary/aromatic N) is 2. The number of benzene rings is 1. The molecule has 1 atom stereocenters. The Morgan fingerprint density at radius 2 is 2.08 bits per heavy atom. The number of nitrogens with two attached hydrogens (primary N) is 3. The normalized spacial score (nSPS) is 18.2. The summed E-state index contributed by atoms with van der Waals surface area (Å²) in [6.45, 7) is 0.378. The molecular weight excluding hydrogens is 350 g/mol. The van der Waals surface area contributed by atoms with Crippen molar-refractivity contribution in [2.45, 2.75) is 24.8 Å². The van der Waals surface area contributed by atoms with Gasteiger partial charge in [0.1, 0.15) is 11.5 Å². The molecule has 1 aliphatic rings. The van der Waals surface area contributed by atoms with Crippen molar-refractivity contribution in [2.24, 2.45) is 26.6 Å². The number of aliphatic imine (C=N–C) groups is 2. The van der Waals surface area contributed by atoms with Crippen molar-refractivity contribution in [1.82, 2.24) is 4.72 Å². The minimum Gasteiger partial charge on any atom is -0.382 e. The molecule has 1 aliphatic carbocycles. The third kappa shape index (κ3) is 5.38. The van der Waals surface area contributed by atoms with Gasteiger partial charge in [0.05, 0.1) is 5.69 Å². The molecule has 1 saturated carbocycles. The Hall–Kier alpha value is -1.81. The predicted molar refractivity (Wildman–Crippen MR) is 99.0 cm³/mol. The van der Waals surface area contributed by atoms with Gasteiger partial charge in [0.2, 0.25) is 0 Å². The Kier molecular flexibility index (Phi) is 6.05. The van der Waals surface area contributed by atoms with Crippen molar-refractivity contribution in [3.8, 4) is 0 Å². The van der Waals surface area contributed by atoms with E-state index in [2.05, 4.69) is 14.7 Å². The first-order chi connectivity index (χ1) is 11.3. The first kappa shape index (κ1) is 18.5. The van der Waals surface area contributed by atoms with Crippen molar-refractivity contribution < 1.29 is 4.21 Å². The van der Waals surface area contributed by atoms with Crippen molar-refractivity contribution in [1.29, 1.82) is 5.41 Å². The molecule has 0 spiro atoms. The zero-order valence-electron chi connectivity index (χ0n) is 13.0. The van der Waals surface area contributed by atoms with E-state index in [1.54, 1.807) is 24.3 Å². The SMILES string of the molecule is N=C(C(N)=NCCC1(NS(N)=O)CC1)C(N)=Nc1cccc(Cl)c1. The average molecular weight is 370 g/mol. The summed E-state index contributed by atoms with van der Waals surface area (Å²) < 4.78 is 13.9. The Bertz CT molecular complexity index is 715. The van der Waals surface area contributed by atoms with E-state index < -0.39 is 11.2 Å². The van der Waals surface area contributed by atoms with Gasteiger partial charge in [-0.1, -0.05) is 17.7 Å². The second-order valence-corrected chi connectivity index (χ2v) is 6.78. The molecule has 1 aromatic rings. The summed E-state index contributed by atoms with van der Waals surface area (Å²) in [5.74, 6) is -0.0382. The molecule has 1 unspecified atom stereocenters.